The van der Waals surface area contributed by atoms with E-state index < -0.39 is 0 Å². The lowest BCUT2D eigenvalue weighted by molar-refractivity contribution is -0.903. The molecule has 3 N–H and O–H groups in total. The summed E-state index contributed by atoms with van der Waals surface area (Å²) < 4.78 is 0. The van der Waals surface area contributed by atoms with Crippen molar-refractivity contribution in [2.75, 3.05) is 51.6 Å². The van der Waals surface area contributed by atoms with E-state index in [4.69, 9.17) is 0 Å². The van der Waals surface area contributed by atoms with Crippen LogP contribution in [0.2, 0.25) is 0 Å². The van der Waals surface area contributed by atoms with Gasteiger partial charge in [-0.2, -0.15) is 0 Å². The predicted octanol–water partition coefficient (Wildman–Crippen LogP) is -1.42. The second kappa shape index (κ2) is 8.97. The first-order valence-corrected chi connectivity index (χ1v) is 9.22. The molecular formula is C19H32N4O2+2. The number of likely N-dealkylation sites (N-methyl/N-ethyl adjacent to an activating group) is 2. The molecule has 2 rings (SSSR count). The van der Waals surface area contributed by atoms with Gasteiger partial charge < -0.3 is 20.0 Å². The number of nitrogens with zero attached hydrogens (tertiary/aromatic N) is 1. The molecule has 25 heavy (non-hydrogen) atoms. The molecule has 1 saturated heterocycles. The molecule has 1 aromatic carbocycles. The Balaban J connectivity index is 1.82. The summed E-state index contributed by atoms with van der Waals surface area (Å²) in [6, 6.07) is 7.51. The van der Waals surface area contributed by atoms with Gasteiger partial charge in [-0.25, -0.2) is 0 Å². The van der Waals surface area contributed by atoms with Crippen molar-refractivity contribution in [3.8, 4) is 0 Å². The van der Waals surface area contributed by atoms with E-state index in [0.717, 1.165) is 48.9 Å². The van der Waals surface area contributed by atoms with Gasteiger partial charge in [-0.3, -0.25) is 9.59 Å². The van der Waals surface area contributed by atoms with E-state index in [9.17, 15) is 9.59 Å². The molecule has 1 aliphatic rings. The molecule has 6 heteroatoms. The lowest BCUT2D eigenvalue weighted by atomic mass is 10.2. The maximum atomic E-state index is 12.7. The van der Waals surface area contributed by atoms with E-state index in [1.165, 1.54) is 0 Å². The van der Waals surface area contributed by atoms with E-state index in [1.807, 2.05) is 50.1 Å². The Morgan fingerprint density at radius 2 is 1.84 bits per heavy atom. The van der Waals surface area contributed by atoms with Gasteiger partial charge in [-0.05, 0) is 32.9 Å². The fraction of sp³-hybridized carbons (Fsp3) is 0.579. The number of aryl methyl sites for hydroxylation is 1. The third-order valence-corrected chi connectivity index (χ3v) is 5.17. The summed E-state index contributed by atoms with van der Waals surface area (Å²) in [4.78, 5) is 29.3. The van der Waals surface area contributed by atoms with Crippen LogP contribution in [0.3, 0.4) is 0 Å². The number of quaternary nitrogens is 2. The van der Waals surface area contributed by atoms with Crippen LogP contribution in [0.15, 0.2) is 24.3 Å². The first kappa shape index (κ1) is 19.4. The van der Waals surface area contributed by atoms with Crippen LogP contribution in [0.4, 0.5) is 5.69 Å². The molecular weight excluding hydrogens is 316 g/mol. The Hall–Kier alpha value is -1.92. The van der Waals surface area contributed by atoms with Crippen molar-refractivity contribution in [3.05, 3.63) is 29.8 Å². The summed E-state index contributed by atoms with van der Waals surface area (Å²) in [5.41, 5.74) is 1.95. The number of piperazine rings is 1. The molecule has 0 radical (unpaired) electrons. The largest absolute Gasteiger partial charge is 0.332 e. The number of carbonyl (C=O) groups is 2. The van der Waals surface area contributed by atoms with Crippen LogP contribution in [0.25, 0.3) is 0 Å². The van der Waals surface area contributed by atoms with Crippen molar-refractivity contribution in [1.82, 2.24) is 4.90 Å². The minimum Gasteiger partial charge on any atom is -0.332 e. The van der Waals surface area contributed by atoms with E-state index in [2.05, 4.69) is 12.2 Å². The highest BCUT2D eigenvalue weighted by Crippen LogP contribution is 2.07. The lowest BCUT2D eigenvalue weighted by Gasteiger charge is -2.33. The molecule has 0 saturated carbocycles. The highest BCUT2D eigenvalue weighted by atomic mass is 16.2. The number of benzene rings is 1. The van der Waals surface area contributed by atoms with Crippen LogP contribution in [-0.4, -0.2) is 69.1 Å². The van der Waals surface area contributed by atoms with Crippen molar-refractivity contribution < 1.29 is 19.4 Å². The summed E-state index contributed by atoms with van der Waals surface area (Å²) in [5.74, 6) is 0.0806. The van der Waals surface area contributed by atoms with Crippen LogP contribution < -0.4 is 15.1 Å². The maximum Gasteiger partial charge on any atom is 0.280 e. The summed E-state index contributed by atoms with van der Waals surface area (Å²) >= 11 is 0. The molecule has 1 fully saturated rings. The van der Waals surface area contributed by atoms with Crippen molar-refractivity contribution in [3.63, 3.8) is 0 Å². The third-order valence-electron chi connectivity index (χ3n) is 5.17. The fourth-order valence-corrected chi connectivity index (χ4v) is 3.13. The molecule has 138 valence electrons. The SMILES string of the molecule is CC[NH+]1CCN(C(=O)[C@H](C)[NH+](C)CC(=O)Nc2ccc(C)cc2)CC1. The third kappa shape index (κ3) is 5.54. The van der Waals surface area contributed by atoms with Crippen LogP contribution >= 0.6 is 0 Å². The topological polar surface area (TPSA) is 58.3 Å². The van der Waals surface area contributed by atoms with Crippen molar-refractivity contribution >= 4 is 17.5 Å². The zero-order valence-electron chi connectivity index (χ0n) is 15.9. The summed E-state index contributed by atoms with van der Waals surface area (Å²) in [7, 11) is 1.91. The smallest absolute Gasteiger partial charge is 0.280 e. The molecule has 0 bridgehead atoms. The first-order valence-electron chi connectivity index (χ1n) is 9.22. The molecule has 0 aliphatic carbocycles. The molecule has 6 nitrogen and oxygen atoms in total. The van der Waals surface area contributed by atoms with Crippen molar-refractivity contribution in [1.29, 1.82) is 0 Å². The monoisotopic (exact) mass is 348 g/mol. The number of nitrogens with one attached hydrogen (secondary N) is 3. The van der Waals surface area contributed by atoms with Gasteiger partial charge in [0.1, 0.15) is 0 Å². The molecule has 0 aromatic heterocycles. The van der Waals surface area contributed by atoms with E-state index in [1.54, 1.807) is 4.90 Å². The molecule has 1 unspecified atom stereocenters. The lowest BCUT2D eigenvalue weighted by Crippen LogP contribution is -3.16. The zero-order valence-corrected chi connectivity index (χ0v) is 15.9. The summed E-state index contributed by atoms with van der Waals surface area (Å²) in [6.45, 7) is 11.2. The van der Waals surface area contributed by atoms with Crippen LogP contribution in [-0.2, 0) is 9.59 Å². The van der Waals surface area contributed by atoms with Gasteiger partial charge in [-0.1, -0.05) is 17.7 Å². The fourth-order valence-electron chi connectivity index (χ4n) is 3.13. The van der Waals surface area contributed by atoms with Crippen molar-refractivity contribution in [2.24, 2.45) is 0 Å². The molecule has 2 amide bonds. The van der Waals surface area contributed by atoms with Crippen LogP contribution in [0, 0.1) is 6.92 Å². The zero-order chi connectivity index (χ0) is 18.4. The highest BCUT2D eigenvalue weighted by molar-refractivity contribution is 5.91. The first-order chi connectivity index (χ1) is 11.9. The van der Waals surface area contributed by atoms with Gasteiger partial charge in [-0.15, -0.1) is 0 Å². The number of anilines is 1. The Morgan fingerprint density at radius 3 is 2.40 bits per heavy atom. The van der Waals surface area contributed by atoms with Gasteiger partial charge in [0, 0.05) is 5.69 Å². The maximum absolute atomic E-state index is 12.7. The Kier molecular flexibility index (Phi) is 6.96. The average Bonchev–Trinajstić information content (AvgIpc) is 2.62. The Labute approximate surface area is 150 Å². The standard InChI is InChI=1S/C19H30N4O2/c1-5-22-10-12-23(13-11-22)19(25)16(3)21(4)14-18(24)20-17-8-6-15(2)7-9-17/h6-9,16H,5,10-14H2,1-4H3,(H,20,24)/p+2/t16-/m0/s1. The van der Waals surface area contributed by atoms with Crippen molar-refractivity contribution in [2.45, 2.75) is 26.8 Å². The van der Waals surface area contributed by atoms with Gasteiger partial charge in [0.2, 0.25) is 0 Å². The highest BCUT2D eigenvalue weighted by Gasteiger charge is 2.31. The minimum atomic E-state index is -0.216. The van der Waals surface area contributed by atoms with Gasteiger partial charge in [0.05, 0.1) is 39.8 Å². The number of carbonyl (C=O) groups excluding carboxylic acids is 2. The quantitative estimate of drug-likeness (QED) is 0.591. The van der Waals surface area contributed by atoms with E-state index in [0.29, 0.717) is 0 Å². The number of rotatable bonds is 6. The predicted molar refractivity (Wildman–Crippen MR) is 98.8 cm³/mol. The Bertz CT molecular complexity index is 580. The second-order valence-corrected chi connectivity index (χ2v) is 7.09. The normalized spacial score (nSPS) is 17.8. The minimum absolute atomic E-state index is 0.0683. The van der Waals surface area contributed by atoms with Crippen LogP contribution in [0.5, 0.6) is 0 Å². The number of hydrogen-bond donors (Lipinski definition) is 3. The Morgan fingerprint density at radius 1 is 1.24 bits per heavy atom. The molecule has 0 spiro atoms. The molecule has 1 heterocycles. The molecule has 2 atom stereocenters. The van der Waals surface area contributed by atoms with Gasteiger partial charge >= 0.3 is 0 Å². The van der Waals surface area contributed by atoms with Gasteiger partial charge in [0.25, 0.3) is 11.8 Å². The summed E-state index contributed by atoms with van der Waals surface area (Å²) in [6.07, 6.45) is 0. The number of amides is 2. The van der Waals surface area contributed by atoms with E-state index in [-0.39, 0.29) is 24.4 Å². The van der Waals surface area contributed by atoms with Crippen LogP contribution in [0.1, 0.15) is 19.4 Å². The number of hydrogen-bond acceptors (Lipinski definition) is 2. The molecule has 1 aliphatic heterocycles. The van der Waals surface area contributed by atoms with Gasteiger partial charge in [0.15, 0.2) is 12.6 Å². The average molecular weight is 348 g/mol. The summed E-state index contributed by atoms with van der Waals surface area (Å²) in [5, 5.41) is 2.90. The van der Waals surface area contributed by atoms with E-state index >= 15 is 0 Å². The molecule has 1 aromatic rings. The second-order valence-electron chi connectivity index (χ2n) is 7.09.